The molecule has 1 aromatic rings. The van der Waals surface area contributed by atoms with Gasteiger partial charge in [0.2, 0.25) is 0 Å². The molecule has 122 valence electrons. The van der Waals surface area contributed by atoms with Crippen LogP contribution in [0.2, 0.25) is 5.02 Å². The van der Waals surface area contributed by atoms with Crippen molar-refractivity contribution in [2.45, 2.75) is 12.5 Å². The average molecular weight is 348 g/mol. The molecule has 22 heavy (non-hydrogen) atoms. The third-order valence-corrected chi connectivity index (χ3v) is 4.61. The minimum atomic E-state index is -0.494. The number of halogens is 3. The van der Waals surface area contributed by atoms with Gasteiger partial charge in [0.15, 0.2) is 0 Å². The van der Waals surface area contributed by atoms with Crippen molar-refractivity contribution >= 4 is 29.9 Å². The highest BCUT2D eigenvalue weighted by molar-refractivity contribution is 6.31. The number of hydrogen-bond acceptors (Lipinski definition) is 3. The van der Waals surface area contributed by atoms with Crippen LogP contribution in [0, 0.1) is 5.82 Å². The number of nitrogens with one attached hydrogen (secondary N) is 1. The number of carbonyl (C=O) groups is 1. The summed E-state index contributed by atoms with van der Waals surface area (Å²) in [7, 11) is 0. The number of amides is 1. The van der Waals surface area contributed by atoms with Gasteiger partial charge in [0.25, 0.3) is 5.91 Å². The SMILES string of the molecule is Cl.O=C(c1ccc(F)c(Cl)c1)N1CCN(C2CCNC2)CC1. The van der Waals surface area contributed by atoms with Crippen LogP contribution < -0.4 is 5.32 Å². The Labute approximate surface area is 141 Å². The van der Waals surface area contributed by atoms with E-state index in [1.165, 1.54) is 24.6 Å². The Bertz CT molecular complexity index is 530. The van der Waals surface area contributed by atoms with Crippen molar-refractivity contribution < 1.29 is 9.18 Å². The van der Waals surface area contributed by atoms with Gasteiger partial charge in [-0.2, -0.15) is 0 Å². The lowest BCUT2D eigenvalue weighted by Gasteiger charge is -2.37. The van der Waals surface area contributed by atoms with Gasteiger partial charge in [-0.25, -0.2) is 4.39 Å². The van der Waals surface area contributed by atoms with Gasteiger partial charge >= 0.3 is 0 Å². The summed E-state index contributed by atoms with van der Waals surface area (Å²) < 4.78 is 13.2. The Hall–Kier alpha value is -0.880. The van der Waals surface area contributed by atoms with Crippen LogP contribution in [-0.2, 0) is 0 Å². The number of rotatable bonds is 2. The molecule has 2 aliphatic rings. The van der Waals surface area contributed by atoms with E-state index in [-0.39, 0.29) is 23.3 Å². The van der Waals surface area contributed by atoms with Gasteiger partial charge in [0, 0.05) is 44.3 Å². The summed E-state index contributed by atoms with van der Waals surface area (Å²) in [5.74, 6) is -0.562. The van der Waals surface area contributed by atoms with Gasteiger partial charge in [-0.1, -0.05) is 11.6 Å². The zero-order valence-corrected chi connectivity index (χ0v) is 13.8. The van der Waals surface area contributed by atoms with Gasteiger partial charge in [-0.15, -0.1) is 12.4 Å². The zero-order valence-electron chi connectivity index (χ0n) is 12.2. The maximum absolute atomic E-state index is 13.2. The first-order valence-corrected chi connectivity index (χ1v) is 7.72. The highest BCUT2D eigenvalue weighted by Crippen LogP contribution is 2.19. The first kappa shape index (κ1) is 17.5. The van der Waals surface area contributed by atoms with Crippen molar-refractivity contribution in [1.29, 1.82) is 0 Å². The standard InChI is InChI=1S/C15H19ClFN3O.ClH/c16-13-9-11(1-2-14(13)17)15(21)20-7-5-19(6-8-20)12-3-4-18-10-12;/h1-2,9,12,18H,3-8,10H2;1H. The fraction of sp³-hybridized carbons (Fsp3) is 0.533. The summed E-state index contributed by atoms with van der Waals surface area (Å²) >= 11 is 5.75. The van der Waals surface area contributed by atoms with E-state index in [4.69, 9.17) is 11.6 Å². The molecule has 3 rings (SSSR count). The predicted octanol–water partition coefficient (Wildman–Crippen LogP) is 2.02. The van der Waals surface area contributed by atoms with E-state index >= 15 is 0 Å². The molecule has 0 spiro atoms. The van der Waals surface area contributed by atoms with Crippen LogP contribution in [0.5, 0.6) is 0 Å². The normalized spacial score (nSPS) is 22.5. The van der Waals surface area contributed by atoms with E-state index in [2.05, 4.69) is 10.2 Å². The lowest BCUT2D eigenvalue weighted by Crippen LogP contribution is -2.52. The average Bonchev–Trinajstić information content (AvgIpc) is 3.04. The van der Waals surface area contributed by atoms with Crippen molar-refractivity contribution in [2.75, 3.05) is 39.3 Å². The molecule has 1 unspecified atom stereocenters. The Kier molecular flexibility index (Phi) is 6.03. The molecule has 0 aromatic heterocycles. The smallest absolute Gasteiger partial charge is 0.253 e. The Balaban J connectivity index is 0.00000176. The van der Waals surface area contributed by atoms with Crippen LogP contribution in [0.4, 0.5) is 4.39 Å². The van der Waals surface area contributed by atoms with Crippen LogP contribution in [0.3, 0.4) is 0 Å². The van der Waals surface area contributed by atoms with E-state index in [0.717, 1.165) is 26.2 Å². The summed E-state index contributed by atoms with van der Waals surface area (Å²) in [4.78, 5) is 16.7. The van der Waals surface area contributed by atoms with E-state index < -0.39 is 5.82 Å². The molecule has 1 aromatic carbocycles. The highest BCUT2D eigenvalue weighted by atomic mass is 35.5. The third kappa shape index (κ3) is 3.71. The quantitative estimate of drug-likeness (QED) is 0.888. The van der Waals surface area contributed by atoms with Gasteiger partial charge in [-0.05, 0) is 31.2 Å². The van der Waals surface area contributed by atoms with E-state index in [0.29, 0.717) is 24.7 Å². The van der Waals surface area contributed by atoms with Crippen LogP contribution in [0.15, 0.2) is 18.2 Å². The maximum atomic E-state index is 13.2. The van der Waals surface area contributed by atoms with Gasteiger partial charge in [0.05, 0.1) is 5.02 Å². The van der Waals surface area contributed by atoms with Crippen molar-refractivity contribution in [3.8, 4) is 0 Å². The molecular formula is C15H20Cl2FN3O. The van der Waals surface area contributed by atoms with Crippen LogP contribution in [0.1, 0.15) is 16.8 Å². The third-order valence-electron chi connectivity index (χ3n) is 4.32. The van der Waals surface area contributed by atoms with Crippen LogP contribution in [0.25, 0.3) is 0 Å². The molecule has 1 amide bonds. The summed E-state index contributed by atoms with van der Waals surface area (Å²) in [5, 5.41) is 3.37. The van der Waals surface area contributed by atoms with Gasteiger partial charge < -0.3 is 10.2 Å². The second kappa shape index (κ2) is 7.59. The number of nitrogens with zero attached hydrogens (tertiary/aromatic N) is 2. The van der Waals surface area contributed by atoms with Gasteiger partial charge in [0.1, 0.15) is 5.82 Å². The van der Waals surface area contributed by atoms with E-state index in [1.807, 2.05) is 4.90 Å². The number of piperazine rings is 1. The summed E-state index contributed by atoms with van der Waals surface area (Å²) in [6.45, 7) is 5.34. The molecular weight excluding hydrogens is 328 g/mol. The fourth-order valence-corrected chi connectivity index (χ4v) is 3.23. The van der Waals surface area contributed by atoms with Crippen LogP contribution >= 0.6 is 24.0 Å². The second-order valence-electron chi connectivity index (χ2n) is 5.60. The molecule has 0 bridgehead atoms. The van der Waals surface area contributed by atoms with Gasteiger partial charge in [-0.3, -0.25) is 9.69 Å². The molecule has 2 aliphatic heterocycles. The van der Waals surface area contributed by atoms with Crippen molar-refractivity contribution in [2.24, 2.45) is 0 Å². The zero-order chi connectivity index (χ0) is 14.8. The lowest BCUT2D eigenvalue weighted by molar-refractivity contribution is 0.0584. The summed E-state index contributed by atoms with van der Waals surface area (Å²) in [5.41, 5.74) is 0.456. The topological polar surface area (TPSA) is 35.6 Å². The molecule has 0 saturated carbocycles. The predicted molar refractivity (Wildman–Crippen MR) is 87.4 cm³/mol. The number of benzene rings is 1. The molecule has 2 heterocycles. The monoisotopic (exact) mass is 347 g/mol. The largest absolute Gasteiger partial charge is 0.336 e. The first-order valence-electron chi connectivity index (χ1n) is 7.34. The van der Waals surface area contributed by atoms with Crippen molar-refractivity contribution in [1.82, 2.24) is 15.1 Å². The molecule has 4 nitrogen and oxygen atoms in total. The summed E-state index contributed by atoms with van der Waals surface area (Å²) in [6.07, 6.45) is 1.18. The fourth-order valence-electron chi connectivity index (χ4n) is 3.05. The molecule has 0 radical (unpaired) electrons. The number of hydrogen-bond donors (Lipinski definition) is 1. The highest BCUT2D eigenvalue weighted by Gasteiger charge is 2.28. The van der Waals surface area contributed by atoms with E-state index in [1.54, 1.807) is 0 Å². The van der Waals surface area contributed by atoms with E-state index in [9.17, 15) is 9.18 Å². The Morgan fingerprint density at radius 3 is 2.59 bits per heavy atom. The second-order valence-corrected chi connectivity index (χ2v) is 6.01. The molecule has 1 atom stereocenters. The van der Waals surface area contributed by atoms with Crippen molar-refractivity contribution in [3.05, 3.63) is 34.6 Å². The first-order chi connectivity index (χ1) is 10.1. The maximum Gasteiger partial charge on any atom is 0.253 e. The minimum absolute atomic E-state index is 0. The molecule has 2 fully saturated rings. The van der Waals surface area contributed by atoms with Crippen molar-refractivity contribution in [3.63, 3.8) is 0 Å². The molecule has 1 N–H and O–H groups in total. The molecule has 7 heteroatoms. The molecule has 0 aliphatic carbocycles. The summed E-state index contributed by atoms with van der Waals surface area (Å²) in [6, 6.07) is 4.75. The Morgan fingerprint density at radius 1 is 1.27 bits per heavy atom. The van der Waals surface area contributed by atoms with Crippen LogP contribution in [-0.4, -0.2) is 61.0 Å². The number of carbonyl (C=O) groups excluding carboxylic acids is 1. The lowest BCUT2D eigenvalue weighted by atomic mass is 10.1. The molecule has 2 saturated heterocycles. The minimum Gasteiger partial charge on any atom is -0.336 e. The Morgan fingerprint density at radius 2 is 2.00 bits per heavy atom.